The fourth-order valence-electron chi connectivity index (χ4n) is 4.03. The smallest absolute Gasteiger partial charge is 0.302 e. The van der Waals surface area contributed by atoms with E-state index in [0.29, 0.717) is 16.7 Å². The van der Waals surface area contributed by atoms with Crippen LogP contribution in [0, 0.1) is 6.92 Å². The van der Waals surface area contributed by atoms with Gasteiger partial charge in [-0.1, -0.05) is 97.1 Å². The van der Waals surface area contributed by atoms with Crippen molar-refractivity contribution in [3.63, 3.8) is 0 Å². The molecule has 3 nitrogen and oxygen atoms in total. The van der Waals surface area contributed by atoms with Crippen molar-refractivity contribution in [2.75, 3.05) is 0 Å². The summed E-state index contributed by atoms with van der Waals surface area (Å²) in [6.07, 6.45) is -4.92. The summed E-state index contributed by atoms with van der Waals surface area (Å²) in [5.41, 5.74) is -2.26. The highest BCUT2D eigenvalue weighted by Crippen LogP contribution is 2.54. The number of halogens is 3. The van der Waals surface area contributed by atoms with E-state index in [1.807, 2.05) is 0 Å². The van der Waals surface area contributed by atoms with E-state index in [1.165, 1.54) is 30.3 Å². The second kappa shape index (κ2) is 9.47. The first-order chi connectivity index (χ1) is 16.7. The fraction of sp³-hybridized carbons (Fsp3) is 0.0714. The molecule has 35 heavy (non-hydrogen) atoms. The van der Waals surface area contributed by atoms with Crippen LogP contribution in [0.1, 0.15) is 31.8 Å². The Labute approximate surface area is 200 Å². The van der Waals surface area contributed by atoms with Gasteiger partial charge in [-0.25, -0.2) is 0 Å². The molecule has 0 radical (unpaired) electrons. The quantitative estimate of drug-likeness (QED) is 0.265. The Hall–Kier alpha value is -3.76. The largest absolute Gasteiger partial charge is 0.417 e. The lowest BCUT2D eigenvalue weighted by molar-refractivity contribution is -0.136. The van der Waals surface area contributed by atoms with E-state index in [9.17, 15) is 27.3 Å². The Morgan fingerprint density at radius 2 is 1.26 bits per heavy atom. The van der Waals surface area contributed by atoms with Gasteiger partial charge in [-0.15, -0.1) is 0 Å². The Balaban J connectivity index is 2.04. The molecule has 0 fully saturated rings. The molecular formula is C28H20F3O3P. The second-order valence-electron chi connectivity index (χ2n) is 7.96. The van der Waals surface area contributed by atoms with E-state index in [0.717, 1.165) is 18.2 Å². The van der Waals surface area contributed by atoms with Gasteiger partial charge in [0.15, 0.2) is 0 Å². The summed E-state index contributed by atoms with van der Waals surface area (Å²) in [5.74, 6) is 0. The Bertz CT molecular complexity index is 1450. The molecule has 0 saturated carbocycles. The second-order valence-corrected chi connectivity index (χ2v) is 10.5. The highest BCUT2D eigenvalue weighted by molar-refractivity contribution is 8.01. The summed E-state index contributed by atoms with van der Waals surface area (Å²) < 4.78 is 56.6. The molecule has 0 aliphatic rings. The molecule has 4 aromatic carbocycles. The standard InChI is InChI=1S/C28H20F3O3P/c1-19-11-10-16-22(20-12-4-2-5-13-20)25(19)27(33)35(34,26(32)21-14-6-3-7-15-21)24-18-9-8-17-23(24)28(29,30)31/h2-18H,1H3. The average molecular weight is 492 g/mol. The van der Waals surface area contributed by atoms with E-state index >= 15 is 0 Å². The van der Waals surface area contributed by atoms with Crippen LogP contribution in [-0.2, 0) is 10.7 Å². The van der Waals surface area contributed by atoms with Crippen molar-refractivity contribution in [2.24, 2.45) is 0 Å². The number of aryl methyl sites for hydroxylation is 1. The van der Waals surface area contributed by atoms with E-state index in [4.69, 9.17) is 0 Å². The summed E-state index contributed by atoms with van der Waals surface area (Å²) in [4.78, 5) is 27.8. The van der Waals surface area contributed by atoms with E-state index < -0.39 is 35.2 Å². The summed E-state index contributed by atoms with van der Waals surface area (Å²) in [6.45, 7) is 1.60. The minimum atomic E-state index is -5.00. The molecule has 0 N–H and O–H groups in total. The Morgan fingerprint density at radius 1 is 0.686 bits per heavy atom. The minimum absolute atomic E-state index is 0.0386. The minimum Gasteiger partial charge on any atom is -0.302 e. The van der Waals surface area contributed by atoms with Crippen molar-refractivity contribution >= 4 is 23.5 Å². The lowest BCUT2D eigenvalue weighted by Crippen LogP contribution is -2.27. The zero-order valence-electron chi connectivity index (χ0n) is 18.6. The number of alkyl halides is 3. The number of carbonyl (C=O) groups excluding carboxylic acids is 2. The monoisotopic (exact) mass is 492 g/mol. The molecule has 0 heterocycles. The van der Waals surface area contributed by atoms with Crippen LogP contribution in [0.5, 0.6) is 0 Å². The lowest BCUT2D eigenvalue weighted by Gasteiger charge is -2.22. The van der Waals surface area contributed by atoms with Gasteiger partial charge >= 0.3 is 6.18 Å². The topological polar surface area (TPSA) is 51.2 Å². The summed E-state index contributed by atoms with van der Waals surface area (Å²) >= 11 is 0. The molecule has 0 amide bonds. The van der Waals surface area contributed by atoms with Crippen LogP contribution in [0.4, 0.5) is 13.2 Å². The van der Waals surface area contributed by atoms with Crippen LogP contribution in [-0.4, -0.2) is 11.0 Å². The van der Waals surface area contributed by atoms with E-state index in [1.54, 1.807) is 61.5 Å². The van der Waals surface area contributed by atoms with Gasteiger partial charge in [-0.2, -0.15) is 13.2 Å². The third-order valence-electron chi connectivity index (χ3n) is 5.71. The maximum atomic E-state index is 14.6. The molecule has 4 rings (SSSR count). The van der Waals surface area contributed by atoms with Crippen LogP contribution >= 0.6 is 7.14 Å². The molecule has 7 heteroatoms. The third-order valence-corrected chi connectivity index (χ3v) is 8.41. The molecule has 0 aliphatic heterocycles. The molecule has 0 bridgehead atoms. The van der Waals surface area contributed by atoms with Gasteiger partial charge in [0.25, 0.3) is 0 Å². The predicted octanol–water partition coefficient (Wildman–Crippen LogP) is 7.35. The summed E-state index contributed by atoms with van der Waals surface area (Å²) in [7, 11) is -5.00. The highest BCUT2D eigenvalue weighted by atomic mass is 31.2. The first kappa shape index (κ1) is 24.4. The zero-order valence-corrected chi connectivity index (χ0v) is 19.5. The first-order valence-corrected chi connectivity index (χ1v) is 12.4. The number of benzene rings is 4. The van der Waals surface area contributed by atoms with Gasteiger partial charge in [0.05, 0.1) is 5.56 Å². The molecule has 176 valence electrons. The normalized spacial score (nSPS) is 13.1. The molecule has 0 spiro atoms. The van der Waals surface area contributed by atoms with Gasteiger partial charge in [-0.05, 0) is 29.7 Å². The van der Waals surface area contributed by atoms with E-state index in [2.05, 4.69) is 0 Å². The molecule has 1 unspecified atom stereocenters. The van der Waals surface area contributed by atoms with Crippen molar-refractivity contribution in [3.05, 3.63) is 125 Å². The van der Waals surface area contributed by atoms with E-state index in [-0.39, 0.29) is 11.1 Å². The molecule has 4 aromatic rings. The summed E-state index contributed by atoms with van der Waals surface area (Å²) in [5, 5.41) is -0.811. The third kappa shape index (κ3) is 4.50. The van der Waals surface area contributed by atoms with Crippen LogP contribution in [0.3, 0.4) is 0 Å². The number of rotatable bonds is 6. The van der Waals surface area contributed by atoms with Crippen LogP contribution < -0.4 is 5.30 Å². The van der Waals surface area contributed by atoms with Crippen molar-refractivity contribution in [2.45, 2.75) is 13.1 Å². The Kier molecular flexibility index (Phi) is 6.60. The zero-order chi connectivity index (χ0) is 25.2. The van der Waals surface area contributed by atoms with Crippen LogP contribution in [0.2, 0.25) is 0 Å². The number of hydrogen-bond donors (Lipinski definition) is 0. The highest BCUT2D eigenvalue weighted by Gasteiger charge is 2.48. The Morgan fingerprint density at radius 3 is 1.89 bits per heavy atom. The van der Waals surface area contributed by atoms with Gasteiger partial charge < -0.3 is 4.57 Å². The maximum absolute atomic E-state index is 14.6. The van der Waals surface area contributed by atoms with Gasteiger partial charge in [0.2, 0.25) is 18.2 Å². The molecule has 1 atom stereocenters. The lowest BCUT2D eigenvalue weighted by atomic mass is 9.97. The SMILES string of the molecule is Cc1cccc(-c2ccccc2)c1C(=O)P(=O)(C(=O)c1ccccc1)c1ccccc1C(F)(F)F. The molecule has 0 saturated heterocycles. The van der Waals surface area contributed by atoms with Crippen molar-refractivity contribution < 1.29 is 27.3 Å². The van der Waals surface area contributed by atoms with Crippen molar-refractivity contribution in [3.8, 4) is 11.1 Å². The summed E-state index contributed by atoms with van der Waals surface area (Å²) in [6, 6.07) is 25.1. The average Bonchev–Trinajstić information content (AvgIpc) is 2.87. The number of carbonyl (C=O) groups is 2. The van der Waals surface area contributed by atoms with Crippen molar-refractivity contribution in [1.82, 2.24) is 0 Å². The van der Waals surface area contributed by atoms with Crippen LogP contribution in [0.15, 0.2) is 103 Å². The maximum Gasteiger partial charge on any atom is 0.417 e. The van der Waals surface area contributed by atoms with Gasteiger partial charge in [0, 0.05) is 16.4 Å². The molecule has 0 aliphatic carbocycles. The first-order valence-electron chi connectivity index (χ1n) is 10.7. The fourth-order valence-corrected chi connectivity index (χ4v) is 6.61. The van der Waals surface area contributed by atoms with Gasteiger partial charge in [-0.3, -0.25) is 9.59 Å². The molecule has 0 aromatic heterocycles. The van der Waals surface area contributed by atoms with Gasteiger partial charge in [0.1, 0.15) is 0 Å². The predicted molar refractivity (Wildman–Crippen MR) is 130 cm³/mol. The molecular weight excluding hydrogens is 472 g/mol. The van der Waals surface area contributed by atoms with Crippen molar-refractivity contribution in [1.29, 1.82) is 0 Å². The van der Waals surface area contributed by atoms with Crippen LogP contribution in [0.25, 0.3) is 11.1 Å². The number of hydrogen-bond acceptors (Lipinski definition) is 3.